The molecule has 2 N–H and O–H groups in total. The van der Waals surface area contributed by atoms with Crippen molar-refractivity contribution in [3.63, 3.8) is 0 Å². The van der Waals surface area contributed by atoms with Crippen molar-refractivity contribution in [2.75, 3.05) is 11.6 Å². The highest BCUT2D eigenvalue weighted by molar-refractivity contribution is 7.98. The van der Waals surface area contributed by atoms with Gasteiger partial charge in [0.15, 0.2) is 0 Å². The molecule has 20 heavy (non-hydrogen) atoms. The number of aromatic nitrogens is 1. The van der Waals surface area contributed by atoms with Gasteiger partial charge < -0.3 is 10.4 Å². The quantitative estimate of drug-likeness (QED) is 0.825. The summed E-state index contributed by atoms with van der Waals surface area (Å²) >= 11 is 1.43. The SMILES string of the molecule is CSc1cccc(NCc2cnccc2C)c1C(=O)O. The highest BCUT2D eigenvalue weighted by Crippen LogP contribution is 2.27. The molecule has 1 aromatic heterocycles. The van der Waals surface area contributed by atoms with Crippen LogP contribution in [0.2, 0.25) is 0 Å². The van der Waals surface area contributed by atoms with Crippen LogP contribution in [0.5, 0.6) is 0 Å². The molecule has 0 fully saturated rings. The molecule has 0 spiro atoms. The summed E-state index contributed by atoms with van der Waals surface area (Å²) in [4.78, 5) is 16.3. The number of nitrogens with zero attached hydrogens (tertiary/aromatic N) is 1. The number of hydrogen-bond acceptors (Lipinski definition) is 4. The van der Waals surface area contributed by atoms with E-state index in [0.717, 1.165) is 16.0 Å². The fraction of sp³-hybridized carbons (Fsp3) is 0.200. The van der Waals surface area contributed by atoms with E-state index < -0.39 is 5.97 Å². The Bertz CT molecular complexity index is 629. The standard InChI is InChI=1S/C15H16N2O2S/c1-10-6-7-16-8-11(10)9-17-12-4-3-5-13(20-2)14(12)15(18)19/h3-8,17H,9H2,1-2H3,(H,18,19). The Balaban J connectivity index is 2.26. The maximum Gasteiger partial charge on any atom is 0.338 e. The van der Waals surface area contributed by atoms with Crippen molar-refractivity contribution in [3.05, 3.63) is 53.3 Å². The van der Waals surface area contributed by atoms with E-state index in [1.165, 1.54) is 11.8 Å². The monoisotopic (exact) mass is 288 g/mol. The number of hydrogen-bond donors (Lipinski definition) is 2. The Morgan fingerprint density at radius 1 is 1.40 bits per heavy atom. The van der Waals surface area contributed by atoms with Crippen LogP contribution in [0.25, 0.3) is 0 Å². The van der Waals surface area contributed by atoms with Gasteiger partial charge in [-0.15, -0.1) is 11.8 Å². The minimum atomic E-state index is -0.916. The van der Waals surface area contributed by atoms with Crippen molar-refractivity contribution in [2.45, 2.75) is 18.4 Å². The van der Waals surface area contributed by atoms with Crippen molar-refractivity contribution in [1.29, 1.82) is 0 Å². The molecule has 5 heteroatoms. The van der Waals surface area contributed by atoms with Crippen LogP contribution < -0.4 is 5.32 Å². The van der Waals surface area contributed by atoms with E-state index >= 15 is 0 Å². The van der Waals surface area contributed by atoms with Crippen LogP contribution in [0.1, 0.15) is 21.5 Å². The molecule has 104 valence electrons. The predicted molar refractivity (Wildman–Crippen MR) is 81.5 cm³/mol. The van der Waals surface area contributed by atoms with Gasteiger partial charge in [-0.05, 0) is 42.5 Å². The number of rotatable bonds is 5. The first-order chi connectivity index (χ1) is 9.63. The van der Waals surface area contributed by atoms with E-state index in [4.69, 9.17) is 0 Å². The van der Waals surface area contributed by atoms with Crippen molar-refractivity contribution in [2.24, 2.45) is 0 Å². The number of carboxylic acid groups (broad SMARTS) is 1. The minimum absolute atomic E-state index is 0.321. The number of carboxylic acids is 1. The Kier molecular flexibility index (Phi) is 4.63. The Hall–Kier alpha value is -2.01. The summed E-state index contributed by atoms with van der Waals surface area (Å²) in [6, 6.07) is 7.40. The van der Waals surface area contributed by atoms with Crippen molar-refractivity contribution in [3.8, 4) is 0 Å². The lowest BCUT2D eigenvalue weighted by Crippen LogP contribution is -2.08. The average molecular weight is 288 g/mol. The number of anilines is 1. The zero-order valence-electron chi connectivity index (χ0n) is 11.4. The third-order valence-corrected chi connectivity index (χ3v) is 3.86. The van der Waals surface area contributed by atoms with Gasteiger partial charge in [0.2, 0.25) is 0 Å². The van der Waals surface area contributed by atoms with E-state index in [1.807, 2.05) is 31.4 Å². The van der Waals surface area contributed by atoms with Crippen molar-refractivity contribution in [1.82, 2.24) is 4.98 Å². The van der Waals surface area contributed by atoms with E-state index in [1.54, 1.807) is 18.5 Å². The first-order valence-electron chi connectivity index (χ1n) is 6.17. The summed E-state index contributed by atoms with van der Waals surface area (Å²) in [6.07, 6.45) is 5.41. The lowest BCUT2D eigenvalue weighted by Gasteiger charge is -2.13. The Morgan fingerprint density at radius 3 is 2.85 bits per heavy atom. The summed E-state index contributed by atoms with van der Waals surface area (Å²) in [5.41, 5.74) is 3.14. The van der Waals surface area contributed by atoms with Gasteiger partial charge in [0, 0.05) is 23.8 Å². The number of aromatic carboxylic acids is 1. The zero-order valence-corrected chi connectivity index (χ0v) is 12.2. The van der Waals surface area contributed by atoms with Crippen molar-refractivity contribution < 1.29 is 9.90 Å². The van der Waals surface area contributed by atoms with Crippen LogP contribution in [0.15, 0.2) is 41.6 Å². The van der Waals surface area contributed by atoms with Gasteiger partial charge in [-0.3, -0.25) is 4.98 Å². The van der Waals surface area contributed by atoms with E-state index in [2.05, 4.69) is 10.3 Å². The van der Waals surface area contributed by atoms with Gasteiger partial charge in [0.25, 0.3) is 0 Å². The van der Waals surface area contributed by atoms with Gasteiger partial charge in [-0.25, -0.2) is 4.79 Å². The second-order valence-electron chi connectivity index (χ2n) is 4.34. The third kappa shape index (κ3) is 3.11. The molecular formula is C15H16N2O2S. The van der Waals surface area contributed by atoms with E-state index in [0.29, 0.717) is 17.8 Å². The number of pyridine rings is 1. The zero-order chi connectivity index (χ0) is 14.5. The number of aryl methyl sites for hydroxylation is 1. The van der Waals surface area contributed by atoms with Gasteiger partial charge in [0.05, 0.1) is 11.3 Å². The van der Waals surface area contributed by atoms with Crippen LogP contribution in [0.4, 0.5) is 5.69 Å². The predicted octanol–water partition coefficient (Wildman–Crippen LogP) is 3.42. The van der Waals surface area contributed by atoms with Crippen LogP contribution in [-0.4, -0.2) is 22.3 Å². The molecule has 2 rings (SSSR count). The molecule has 0 aliphatic rings. The molecule has 0 aliphatic carbocycles. The molecule has 0 bridgehead atoms. The third-order valence-electron chi connectivity index (χ3n) is 3.08. The largest absolute Gasteiger partial charge is 0.478 e. The molecule has 0 aliphatic heterocycles. The fourth-order valence-corrected chi connectivity index (χ4v) is 2.56. The van der Waals surface area contributed by atoms with Gasteiger partial charge in [-0.2, -0.15) is 0 Å². The number of carbonyl (C=O) groups is 1. The van der Waals surface area contributed by atoms with Gasteiger partial charge >= 0.3 is 5.97 Å². The van der Waals surface area contributed by atoms with E-state index in [9.17, 15) is 9.90 Å². The summed E-state index contributed by atoms with van der Waals surface area (Å²) < 4.78 is 0. The van der Waals surface area contributed by atoms with Gasteiger partial charge in [-0.1, -0.05) is 6.07 Å². The average Bonchev–Trinajstić information content (AvgIpc) is 2.45. The number of thioether (sulfide) groups is 1. The molecule has 4 nitrogen and oxygen atoms in total. The maximum atomic E-state index is 11.4. The molecule has 0 saturated carbocycles. The minimum Gasteiger partial charge on any atom is -0.478 e. The normalized spacial score (nSPS) is 10.3. The topological polar surface area (TPSA) is 62.2 Å². The Morgan fingerprint density at radius 2 is 2.20 bits per heavy atom. The lowest BCUT2D eigenvalue weighted by molar-refractivity contribution is 0.0694. The summed E-state index contributed by atoms with van der Waals surface area (Å²) in [5, 5.41) is 12.6. The summed E-state index contributed by atoms with van der Waals surface area (Å²) in [5.74, 6) is -0.916. The second-order valence-corrected chi connectivity index (χ2v) is 5.19. The number of nitrogens with one attached hydrogen (secondary N) is 1. The maximum absolute atomic E-state index is 11.4. The van der Waals surface area contributed by atoms with Crippen LogP contribution in [-0.2, 0) is 6.54 Å². The first kappa shape index (κ1) is 14.4. The highest BCUT2D eigenvalue weighted by Gasteiger charge is 2.14. The fourth-order valence-electron chi connectivity index (χ4n) is 1.94. The molecule has 0 radical (unpaired) electrons. The molecule has 0 unspecified atom stereocenters. The van der Waals surface area contributed by atoms with E-state index in [-0.39, 0.29) is 0 Å². The molecule has 0 atom stereocenters. The molecular weight excluding hydrogens is 272 g/mol. The molecule has 0 saturated heterocycles. The van der Waals surface area contributed by atoms with Crippen molar-refractivity contribution >= 4 is 23.4 Å². The Labute approximate surface area is 122 Å². The molecule has 1 heterocycles. The molecule has 1 aromatic carbocycles. The van der Waals surface area contributed by atoms with Crippen LogP contribution >= 0.6 is 11.8 Å². The van der Waals surface area contributed by atoms with Gasteiger partial charge in [0.1, 0.15) is 0 Å². The van der Waals surface area contributed by atoms with Crippen LogP contribution in [0.3, 0.4) is 0 Å². The van der Waals surface area contributed by atoms with Crippen LogP contribution in [0, 0.1) is 6.92 Å². The molecule has 2 aromatic rings. The number of benzene rings is 1. The molecule has 0 amide bonds. The second kappa shape index (κ2) is 6.43. The first-order valence-corrected chi connectivity index (χ1v) is 7.39. The highest BCUT2D eigenvalue weighted by atomic mass is 32.2. The summed E-state index contributed by atoms with van der Waals surface area (Å²) in [6.45, 7) is 2.56. The smallest absolute Gasteiger partial charge is 0.338 e. The summed E-state index contributed by atoms with van der Waals surface area (Å²) in [7, 11) is 0. The lowest BCUT2D eigenvalue weighted by atomic mass is 10.1.